The first-order valence-corrected chi connectivity index (χ1v) is 7.89. The normalized spacial score (nSPS) is 10.6. The molecular formula is C18H24N2O. The predicted octanol–water partition coefficient (Wildman–Crippen LogP) is 4.67. The molecule has 2 rings (SSSR count). The van der Waals surface area contributed by atoms with E-state index in [9.17, 15) is 0 Å². The number of aromatic nitrogens is 2. The number of nitrogens with zero attached hydrogens (tertiary/aromatic N) is 2. The van der Waals surface area contributed by atoms with Gasteiger partial charge in [0.05, 0.1) is 18.0 Å². The number of ether oxygens (including phenoxy) is 1. The lowest BCUT2D eigenvalue weighted by atomic mass is 10.1. The second kappa shape index (κ2) is 8.40. The Morgan fingerprint density at radius 2 is 1.62 bits per heavy atom. The smallest absolute Gasteiger partial charge is 0.119 e. The molecule has 1 aromatic carbocycles. The van der Waals surface area contributed by atoms with Crippen molar-refractivity contribution in [2.75, 3.05) is 6.61 Å². The van der Waals surface area contributed by atoms with E-state index in [0.29, 0.717) is 0 Å². The topological polar surface area (TPSA) is 35.0 Å². The summed E-state index contributed by atoms with van der Waals surface area (Å²) in [4.78, 5) is 0. The highest BCUT2D eigenvalue weighted by atomic mass is 16.5. The Hall–Kier alpha value is -1.90. The van der Waals surface area contributed by atoms with E-state index in [4.69, 9.17) is 4.74 Å². The Kier molecular flexibility index (Phi) is 6.20. The van der Waals surface area contributed by atoms with Gasteiger partial charge in [-0.1, -0.05) is 26.7 Å². The number of aryl methyl sites for hydroxylation is 1. The van der Waals surface area contributed by atoms with Crippen LogP contribution in [0.4, 0.5) is 0 Å². The van der Waals surface area contributed by atoms with Crippen molar-refractivity contribution >= 4 is 0 Å². The van der Waals surface area contributed by atoms with E-state index in [1.54, 1.807) is 0 Å². The maximum atomic E-state index is 5.66. The highest BCUT2D eigenvalue weighted by Gasteiger charge is 2.02. The Bertz CT molecular complexity index is 520. The van der Waals surface area contributed by atoms with Crippen LogP contribution in [0.5, 0.6) is 5.75 Å². The standard InChI is InChI=1S/C18H24N2O/c1-3-5-7-16-10-13-18(20-19-16)15-8-11-17(12-9-15)21-14-6-4-2/h8-13H,3-7,14H2,1-2H3. The zero-order valence-electron chi connectivity index (χ0n) is 13.0. The van der Waals surface area contributed by atoms with Gasteiger partial charge in [0.2, 0.25) is 0 Å². The van der Waals surface area contributed by atoms with Gasteiger partial charge in [0.1, 0.15) is 5.75 Å². The van der Waals surface area contributed by atoms with Crippen LogP contribution >= 0.6 is 0 Å². The predicted molar refractivity (Wildman–Crippen MR) is 86.5 cm³/mol. The number of hydrogen-bond acceptors (Lipinski definition) is 3. The van der Waals surface area contributed by atoms with Crippen molar-refractivity contribution in [2.24, 2.45) is 0 Å². The number of benzene rings is 1. The molecule has 2 aromatic rings. The van der Waals surface area contributed by atoms with E-state index in [1.807, 2.05) is 30.3 Å². The molecule has 0 atom stereocenters. The summed E-state index contributed by atoms with van der Waals surface area (Å²) in [6.07, 6.45) is 5.60. The van der Waals surface area contributed by atoms with Crippen LogP contribution in [-0.2, 0) is 6.42 Å². The molecule has 0 N–H and O–H groups in total. The first-order valence-electron chi connectivity index (χ1n) is 7.89. The summed E-state index contributed by atoms with van der Waals surface area (Å²) < 4.78 is 5.66. The molecule has 0 aliphatic heterocycles. The SMILES string of the molecule is CCCCOc1ccc(-c2ccc(CCCC)nn2)cc1. The van der Waals surface area contributed by atoms with Crippen molar-refractivity contribution in [1.82, 2.24) is 10.2 Å². The number of rotatable bonds is 8. The lowest BCUT2D eigenvalue weighted by Gasteiger charge is -2.06. The van der Waals surface area contributed by atoms with Gasteiger partial charge in [-0.2, -0.15) is 10.2 Å². The van der Waals surface area contributed by atoms with Crippen LogP contribution in [0.3, 0.4) is 0 Å². The van der Waals surface area contributed by atoms with E-state index >= 15 is 0 Å². The molecule has 0 saturated carbocycles. The Morgan fingerprint density at radius 3 is 2.24 bits per heavy atom. The fraction of sp³-hybridized carbons (Fsp3) is 0.444. The maximum absolute atomic E-state index is 5.66. The molecule has 3 heteroatoms. The third-order valence-electron chi connectivity index (χ3n) is 3.42. The number of hydrogen-bond donors (Lipinski definition) is 0. The molecule has 0 unspecified atom stereocenters. The van der Waals surface area contributed by atoms with Crippen LogP contribution in [0.1, 0.15) is 45.2 Å². The summed E-state index contributed by atoms with van der Waals surface area (Å²) in [6, 6.07) is 12.2. The van der Waals surface area contributed by atoms with Gasteiger partial charge in [-0.3, -0.25) is 0 Å². The van der Waals surface area contributed by atoms with E-state index < -0.39 is 0 Å². The molecule has 1 heterocycles. The lowest BCUT2D eigenvalue weighted by molar-refractivity contribution is 0.309. The molecule has 0 saturated heterocycles. The molecule has 0 bridgehead atoms. The van der Waals surface area contributed by atoms with Crippen LogP contribution in [0.2, 0.25) is 0 Å². The maximum Gasteiger partial charge on any atom is 0.119 e. The largest absolute Gasteiger partial charge is 0.494 e. The quantitative estimate of drug-likeness (QED) is 0.661. The lowest BCUT2D eigenvalue weighted by Crippen LogP contribution is -1.97. The average Bonchev–Trinajstić information content (AvgIpc) is 2.54. The van der Waals surface area contributed by atoms with Crippen molar-refractivity contribution in [3.63, 3.8) is 0 Å². The van der Waals surface area contributed by atoms with Gasteiger partial charge in [-0.25, -0.2) is 0 Å². The van der Waals surface area contributed by atoms with Crippen molar-refractivity contribution in [1.29, 1.82) is 0 Å². The van der Waals surface area contributed by atoms with Gasteiger partial charge in [0.25, 0.3) is 0 Å². The van der Waals surface area contributed by atoms with Crippen molar-refractivity contribution < 1.29 is 4.74 Å². The minimum Gasteiger partial charge on any atom is -0.494 e. The summed E-state index contributed by atoms with van der Waals surface area (Å²) in [6.45, 7) is 5.13. The van der Waals surface area contributed by atoms with Crippen molar-refractivity contribution in [3.05, 3.63) is 42.1 Å². The summed E-state index contributed by atoms with van der Waals surface area (Å²) in [5.74, 6) is 0.916. The van der Waals surface area contributed by atoms with E-state index in [0.717, 1.165) is 55.0 Å². The second-order valence-corrected chi connectivity index (χ2v) is 5.24. The third-order valence-corrected chi connectivity index (χ3v) is 3.42. The van der Waals surface area contributed by atoms with Crippen LogP contribution in [-0.4, -0.2) is 16.8 Å². The van der Waals surface area contributed by atoms with Crippen LogP contribution in [0.25, 0.3) is 11.3 Å². The molecule has 0 fully saturated rings. The van der Waals surface area contributed by atoms with Gasteiger partial charge in [0, 0.05) is 5.56 Å². The second-order valence-electron chi connectivity index (χ2n) is 5.24. The van der Waals surface area contributed by atoms with Crippen LogP contribution in [0.15, 0.2) is 36.4 Å². The third kappa shape index (κ3) is 4.85. The summed E-state index contributed by atoms with van der Waals surface area (Å²) in [5.41, 5.74) is 3.06. The molecule has 112 valence electrons. The molecular weight excluding hydrogens is 260 g/mol. The summed E-state index contributed by atoms with van der Waals surface area (Å²) in [5, 5.41) is 8.61. The van der Waals surface area contributed by atoms with Gasteiger partial charge in [0.15, 0.2) is 0 Å². The average molecular weight is 284 g/mol. The highest BCUT2D eigenvalue weighted by Crippen LogP contribution is 2.20. The highest BCUT2D eigenvalue weighted by molar-refractivity contribution is 5.59. The molecule has 0 amide bonds. The van der Waals surface area contributed by atoms with Gasteiger partial charge < -0.3 is 4.74 Å². The summed E-state index contributed by atoms with van der Waals surface area (Å²) in [7, 11) is 0. The molecule has 0 radical (unpaired) electrons. The van der Waals surface area contributed by atoms with Crippen LogP contribution < -0.4 is 4.74 Å². The van der Waals surface area contributed by atoms with E-state index in [2.05, 4.69) is 30.1 Å². The Labute approximate surface area is 127 Å². The fourth-order valence-corrected chi connectivity index (χ4v) is 2.06. The van der Waals surface area contributed by atoms with Gasteiger partial charge in [-0.15, -0.1) is 0 Å². The molecule has 21 heavy (non-hydrogen) atoms. The van der Waals surface area contributed by atoms with E-state index in [-0.39, 0.29) is 0 Å². The molecule has 0 aliphatic carbocycles. The fourth-order valence-electron chi connectivity index (χ4n) is 2.06. The van der Waals surface area contributed by atoms with Gasteiger partial charge in [-0.05, 0) is 55.7 Å². The minimum atomic E-state index is 0.780. The molecule has 3 nitrogen and oxygen atoms in total. The van der Waals surface area contributed by atoms with Crippen molar-refractivity contribution in [3.8, 4) is 17.0 Å². The van der Waals surface area contributed by atoms with Crippen LogP contribution in [0, 0.1) is 0 Å². The van der Waals surface area contributed by atoms with Crippen molar-refractivity contribution in [2.45, 2.75) is 46.0 Å². The Morgan fingerprint density at radius 1 is 0.857 bits per heavy atom. The first kappa shape index (κ1) is 15.5. The minimum absolute atomic E-state index is 0.780. The number of unbranched alkanes of at least 4 members (excludes halogenated alkanes) is 2. The molecule has 0 aliphatic rings. The zero-order valence-corrected chi connectivity index (χ0v) is 13.0. The summed E-state index contributed by atoms with van der Waals surface area (Å²) >= 11 is 0. The molecule has 1 aromatic heterocycles. The van der Waals surface area contributed by atoms with Gasteiger partial charge >= 0.3 is 0 Å². The monoisotopic (exact) mass is 284 g/mol. The molecule has 0 spiro atoms. The Balaban J connectivity index is 1.97. The first-order chi connectivity index (χ1) is 10.3. The zero-order chi connectivity index (χ0) is 14.9. The van der Waals surface area contributed by atoms with E-state index in [1.165, 1.54) is 6.42 Å².